The van der Waals surface area contributed by atoms with E-state index in [0.29, 0.717) is 11.8 Å². The van der Waals surface area contributed by atoms with E-state index >= 15 is 0 Å². The number of benzene rings is 3. The van der Waals surface area contributed by atoms with Crippen LogP contribution < -0.4 is 10.6 Å². The van der Waals surface area contributed by atoms with Gasteiger partial charge in [-0.05, 0) is 80.1 Å². The predicted molar refractivity (Wildman–Crippen MR) is 145 cm³/mol. The van der Waals surface area contributed by atoms with Gasteiger partial charge >= 0.3 is 0 Å². The van der Waals surface area contributed by atoms with Crippen LogP contribution in [0.5, 0.6) is 0 Å². The molecule has 2 N–H and O–H groups in total. The van der Waals surface area contributed by atoms with Gasteiger partial charge in [-0.1, -0.05) is 43.3 Å². The Morgan fingerprint density at radius 3 is 2.71 bits per heavy atom. The number of allylic oxidation sites excluding steroid dienone is 2. The first-order valence-corrected chi connectivity index (χ1v) is 13.0. The molecule has 4 aromatic rings. The third kappa shape index (κ3) is 3.54. The highest BCUT2D eigenvalue weighted by atomic mass is 16.1. The number of aromatic nitrogens is 1. The summed E-state index contributed by atoms with van der Waals surface area (Å²) in [6, 6.07) is 22.3. The molecule has 4 atom stereocenters. The summed E-state index contributed by atoms with van der Waals surface area (Å²) in [7, 11) is 0. The Morgan fingerprint density at radius 2 is 1.89 bits per heavy atom. The van der Waals surface area contributed by atoms with Gasteiger partial charge in [-0.15, -0.1) is 0 Å². The number of carbonyl (C=O) groups excluding carboxylic acids is 1. The molecule has 4 heteroatoms. The fourth-order valence-corrected chi connectivity index (χ4v) is 6.08. The predicted octanol–water partition coefficient (Wildman–Crippen LogP) is 7.17. The first-order valence-electron chi connectivity index (χ1n) is 13.0. The average Bonchev–Trinajstić information content (AvgIpc) is 3.50. The summed E-state index contributed by atoms with van der Waals surface area (Å²) in [5.41, 5.74) is 7.05. The van der Waals surface area contributed by atoms with Gasteiger partial charge in [0.05, 0.1) is 6.04 Å². The van der Waals surface area contributed by atoms with Gasteiger partial charge in [0, 0.05) is 51.6 Å². The number of hydrogen-bond donors (Lipinski definition) is 2. The van der Waals surface area contributed by atoms with E-state index in [1.807, 2.05) is 13.0 Å². The molecule has 35 heavy (non-hydrogen) atoms. The van der Waals surface area contributed by atoms with Gasteiger partial charge in [0.25, 0.3) is 5.91 Å². The molecule has 178 valence electrons. The highest BCUT2D eigenvalue weighted by molar-refractivity contribution is 6.08. The summed E-state index contributed by atoms with van der Waals surface area (Å²) in [5, 5.41) is 9.61. The summed E-state index contributed by atoms with van der Waals surface area (Å²) in [6.45, 7) is 7.31. The first-order chi connectivity index (χ1) is 17.1. The van der Waals surface area contributed by atoms with Crippen LogP contribution >= 0.6 is 0 Å². The molecule has 1 aliphatic heterocycles. The Balaban J connectivity index is 1.39. The Bertz CT molecular complexity index is 1460. The largest absolute Gasteiger partial charge is 0.378 e. The lowest BCUT2D eigenvalue weighted by molar-refractivity contribution is 0.0939. The van der Waals surface area contributed by atoms with Crippen molar-refractivity contribution in [2.45, 2.75) is 58.2 Å². The summed E-state index contributed by atoms with van der Waals surface area (Å²) < 4.78 is 2.41. The van der Waals surface area contributed by atoms with Crippen molar-refractivity contribution < 1.29 is 4.79 Å². The zero-order valence-electron chi connectivity index (χ0n) is 20.7. The molecule has 2 heterocycles. The second-order valence-corrected chi connectivity index (χ2v) is 10.1. The Labute approximate surface area is 207 Å². The van der Waals surface area contributed by atoms with Crippen LogP contribution in [-0.2, 0) is 6.54 Å². The van der Waals surface area contributed by atoms with E-state index in [9.17, 15) is 4.79 Å². The topological polar surface area (TPSA) is 46.1 Å². The van der Waals surface area contributed by atoms with Gasteiger partial charge in [0.2, 0.25) is 0 Å². The molecule has 4 nitrogen and oxygen atoms in total. The van der Waals surface area contributed by atoms with Crippen molar-refractivity contribution in [3.05, 3.63) is 89.5 Å². The highest BCUT2D eigenvalue weighted by Gasteiger charge is 2.38. The molecule has 6 rings (SSSR count). The van der Waals surface area contributed by atoms with Crippen molar-refractivity contribution in [2.24, 2.45) is 5.92 Å². The molecule has 0 radical (unpaired) electrons. The van der Waals surface area contributed by atoms with Crippen molar-refractivity contribution in [2.75, 3.05) is 5.32 Å². The number of anilines is 1. The lowest BCUT2D eigenvalue weighted by Gasteiger charge is -2.37. The van der Waals surface area contributed by atoms with Crippen molar-refractivity contribution in [3.8, 4) is 0 Å². The number of rotatable bonds is 5. The average molecular weight is 464 g/mol. The normalized spacial score (nSPS) is 21.5. The molecule has 1 aliphatic carbocycles. The van der Waals surface area contributed by atoms with Gasteiger partial charge < -0.3 is 15.2 Å². The number of para-hydroxylation sites is 1. The van der Waals surface area contributed by atoms with E-state index in [1.54, 1.807) is 0 Å². The molecule has 4 unspecified atom stereocenters. The van der Waals surface area contributed by atoms with E-state index in [-0.39, 0.29) is 18.0 Å². The lowest BCUT2D eigenvalue weighted by atomic mass is 9.76. The molecule has 2 aliphatic rings. The van der Waals surface area contributed by atoms with Crippen LogP contribution in [0.3, 0.4) is 0 Å². The number of hydrogen-bond acceptors (Lipinski definition) is 2. The fourth-order valence-electron chi connectivity index (χ4n) is 6.08. The fraction of sp³-hybridized carbons (Fsp3) is 0.323. The van der Waals surface area contributed by atoms with Gasteiger partial charge in [-0.25, -0.2) is 0 Å². The number of amides is 1. The van der Waals surface area contributed by atoms with Crippen LogP contribution in [0.4, 0.5) is 5.69 Å². The number of nitrogens with one attached hydrogen (secondary N) is 2. The molecule has 0 fully saturated rings. The monoisotopic (exact) mass is 463 g/mol. The minimum Gasteiger partial charge on any atom is -0.378 e. The molecule has 0 bridgehead atoms. The minimum absolute atomic E-state index is 0.0144. The Kier molecular flexibility index (Phi) is 5.40. The van der Waals surface area contributed by atoms with E-state index in [2.05, 4.69) is 95.8 Å². The standard InChI is InChI=1S/C31H33N3O/c1-4-19(3)32-31(35)21-13-15-27-25(18-21)22-10-8-11-24(22)30(33-27)20-14-16-29-26(17-20)23-9-6-7-12-28(23)34(29)5-2/h6-10,12-19,22,24,30,33H,4-5,11H2,1-3H3,(H,32,35). The molecule has 1 amide bonds. The highest BCUT2D eigenvalue weighted by Crippen LogP contribution is 2.50. The Morgan fingerprint density at radius 1 is 1.06 bits per heavy atom. The number of carbonyl (C=O) groups is 1. The maximum Gasteiger partial charge on any atom is 0.251 e. The van der Waals surface area contributed by atoms with Gasteiger partial charge in [0.1, 0.15) is 0 Å². The Hall–Kier alpha value is -3.53. The number of fused-ring (bicyclic) bond motifs is 6. The van der Waals surface area contributed by atoms with Crippen LogP contribution in [0.1, 0.15) is 67.1 Å². The van der Waals surface area contributed by atoms with Crippen molar-refractivity contribution in [1.82, 2.24) is 9.88 Å². The quantitative estimate of drug-likeness (QED) is 0.308. The SMILES string of the molecule is CCC(C)NC(=O)c1ccc2c(c1)C1C=CCC1C(c1ccc3c(c1)c1ccccc1n3CC)N2. The second-order valence-electron chi connectivity index (χ2n) is 10.1. The third-order valence-electron chi connectivity index (χ3n) is 8.09. The van der Waals surface area contributed by atoms with E-state index < -0.39 is 0 Å². The van der Waals surface area contributed by atoms with E-state index in [4.69, 9.17) is 0 Å². The van der Waals surface area contributed by atoms with Crippen LogP contribution in [0.25, 0.3) is 21.8 Å². The molecule has 0 spiro atoms. The molecular formula is C31H33N3O. The summed E-state index contributed by atoms with van der Waals surface area (Å²) >= 11 is 0. The molecule has 0 saturated heterocycles. The first kappa shape index (κ1) is 22.0. The van der Waals surface area contributed by atoms with Gasteiger partial charge in [-0.2, -0.15) is 0 Å². The third-order valence-corrected chi connectivity index (χ3v) is 8.09. The molecular weight excluding hydrogens is 430 g/mol. The number of nitrogens with zero attached hydrogens (tertiary/aromatic N) is 1. The van der Waals surface area contributed by atoms with E-state index in [0.717, 1.165) is 30.6 Å². The zero-order valence-corrected chi connectivity index (χ0v) is 20.7. The molecule has 3 aromatic carbocycles. The summed E-state index contributed by atoms with van der Waals surface area (Å²) in [4.78, 5) is 12.8. The molecule has 1 aromatic heterocycles. The van der Waals surface area contributed by atoms with Crippen LogP contribution in [0, 0.1) is 5.92 Å². The summed E-state index contributed by atoms with van der Waals surface area (Å²) in [6.07, 6.45) is 6.62. The van der Waals surface area contributed by atoms with Crippen molar-refractivity contribution in [1.29, 1.82) is 0 Å². The minimum atomic E-state index is 0.0144. The maximum atomic E-state index is 12.8. The van der Waals surface area contributed by atoms with Crippen LogP contribution in [-0.4, -0.2) is 16.5 Å². The van der Waals surface area contributed by atoms with Crippen LogP contribution in [0.15, 0.2) is 72.8 Å². The zero-order chi connectivity index (χ0) is 24.1. The van der Waals surface area contributed by atoms with Gasteiger partial charge in [-0.3, -0.25) is 4.79 Å². The summed E-state index contributed by atoms with van der Waals surface area (Å²) in [5.74, 6) is 0.771. The number of aryl methyl sites for hydroxylation is 1. The maximum absolute atomic E-state index is 12.8. The molecule has 0 saturated carbocycles. The van der Waals surface area contributed by atoms with Crippen LogP contribution in [0.2, 0.25) is 0 Å². The van der Waals surface area contributed by atoms with Crippen molar-refractivity contribution >= 4 is 33.4 Å². The van der Waals surface area contributed by atoms with Gasteiger partial charge in [0.15, 0.2) is 0 Å². The van der Waals surface area contributed by atoms with Crippen molar-refractivity contribution in [3.63, 3.8) is 0 Å². The lowest BCUT2D eigenvalue weighted by Crippen LogP contribution is -2.33. The van der Waals surface area contributed by atoms with E-state index in [1.165, 1.54) is 32.9 Å². The second kappa shape index (κ2) is 8.60. The smallest absolute Gasteiger partial charge is 0.251 e.